The van der Waals surface area contributed by atoms with Crippen LogP contribution in [0, 0.1) is 0 Å². The van der Waals surface area contributed by atoms with Gasteiger partial charge in [-0.25, -0.2) is 0 Å². The fourth-order valence-electron chi connectivity index (χ4n) is 2.30. The van der Waals surface area contributed by atoms with Crippen LogP contribution in [0.4, 0.5) is 18.9 Å². The molecule has 0 saturated carbocycles. The third-order valence-corrected chi connectivity index (χ3v) is 3.57. The second-order valence-corrected chi connectivity index (χ2v) is 5.39. The minimum absolute atomic E-state index is 0.379. The Labute approximate surface area is 133 Å². The third kappa shape index (κ3) is 5.56. The van der Waals surface area contributed by atoms with Crippen LogP contribution < -0.4 is 11.1 Å². The van der Waals surface area contributed by atoms with Crippen molar-refractivity contribution >= 4 is 5.69 Å². The van der Waals surface area contributed by atoms with E-state index in [0.717, 1.165) is 37.2 Å². The number of aromatic nitrogens is 1. The molecule has 0 bridgehead atoms. The zero-order chi connectivity index (χ0) is 16.7. The minimum atomic E-state index is -4.33. The van der Waals surface area contributed by atoms with E-state index in [0.29, 0.717) is 12.0 Å². The number of nitrogens with two attached hydrogens (primary N) is 1. The lowest BCUT2D eigenvalue weighted by atomic mass is 10.00. The molecule has 0 aliphatic carbocycles. The van der Waals surface area contributed by atoms with Crippen LogP contribution in [-0.4, -0.2) is 11.5 Å². The van der Waals surface area contributed by atoms with Gasteiger partial charge in [0.15, 0.2) is 0 Å². The van der Waals surface area contributed by atoms with Crippen LogP contribution in [0.2, 0.25) is 0 Å². The van der Waals surface area contributed by atoms with Crippen LogP contribution in [0.5, 0.6) is 0 Å². The SMILES string of the molecule is N[C@@H](CCCCNc1cccnc1)c1cccc(C(F)(F)F)c1. The zero-order valence-corrected chi connectivity index (χ0v) is 12.7. The van der Waals surface area contributed by atoms with E-state index in [9.17, 15) is 13.2 Å². The first-order valence-electron chi connectivity index (χ1n) is 7.53. The lowest BCUT2D eigenvalue weighted by Crippen LogP contribution is -2.13. The van der Waals surface area contributed by atoms with E-state index in [1.165, 1.54) is 6.07 Å². The number of anilines is 1. The van der Waals surface area contributed by atoms with Gasteiger partial charge in [-0.3, -0.25) is 4.98 Å². The fraction of sp³-hybridized carbons (Fsp3) is 0.353. The summed E-state index contributed by atoms with van der Waals surface area (Å²) in [5.41, 5.74) is 6.83. The van der Waals surface area contributed by atoms with Crippen molar-refractivity contribution in [3.8, 4) is 0 Å². The van der Waals surface area contributed by atoms with Gasteiger partial charge in [0.1, 0.15) is 0 Å². The molecule has 124 valence electrons. The maximum Gasteiger partial charge on any atom is 0.416 e. The highest BCUT2D eigenvalue weighted by Crippen LogP contribution is 2.31. The second kappa shape index (κ2) is 7.97. The standard InChI is InChI=1S/C17H20F3N3/c18-17(19,20)14-6-3-5-13(11-14)16(21)8-1-2-10-23-15-7-4-9-22-12-15/h3-7,9,11-12,16,23H,1-2,8,10,21H2/t16-/m0/s1. The van der Waals surface area contributed by atoms with E-state index in [2.05, 4.69) is 10.3 Å². The first-order chi connectivity index (χ1) is 11.0. The molecule has 0 radical (unpaired) electrons. The molecule has 1 atom stereocenters. The van der Waals surface area contributed by atoms with Crippen LogP contribution in [0.25, 0.3) is 0 Å². The molecule has 0 fully saturated rings. The van der Waals surface area contributed by atoms with E-state index >= 15 is 0 Å². The molecule has 23 heavy (non-hydrogen) atoms. The zero-order valence-electron chi connectivity index (χ0n) is 12.7. The van der Waals surface area contributed by atoms with E-state index in [1.54, 1.807) is 18.5 Å². The molecule has 0 unspecified atom stereocenters. The normalized spacial score (nSPS) is 12.9. The maximum absolute atomic E-state index is 12.7. The van der Waals surface area contributed by atoms with Crippen molar-refractivity contribution in [1.29, 1.82) is 0 Å². The fourth-order valence-corrected chi connectivity index (χ4v) is 2.30. The molecule has 6 heteroatoms. The minimum Gasteiger partial charge on any atom is -0.384 e. The molecule has 3 nitrogen and oxygen atoms in total. The predicted molar refractivity (Wildman–Crippen MR) is 85.0 cm³/mol. The molecule has 3 N–H and O–H groups in total. The van der Waals surface area contributed by atoms with Gasteiger partial charge >= 0.3 is 6.18 Å². The Morgan fingerprint density at radius 1 is 1.13 bits per heavy atom. The number of unbranched alkanes of at least 4 members (excludes halogenated alkanes) is 1. The third-order valence-electron chi connectivity index (χ3n) is 3.57. The van der Waals surface area contributed by atoms with Gasteiger partial charge in [-0.05, 0) is 49.1 Å². The summed E-state index contributed by atoms with van der Waals surface area (Å²) in [6.45, 7) is 0.779. The monoisotopic (exact) mass is 323 g/mol. The number of nitrogens with one attached hydrogen (secondary N) is 1. The first-order valence-corrected chi connectivity index (χ1v) is 7.53. The van der Waals surface area contributed by atoms with Crippen molar-refractivity contribution in [3.05, 3.63) is 59.9 Å². The molecule has 0 saturated heterocycles. The highest BCUT2D eigenvalue weighted by atomic mass is 19.4. The van der Waals surface area contributed by atoms with Crippen molar-refractivity contribution in [1.82, 2.24) is 4.98 Å². The lowest BCUT2D eigenvalue weighted by Gasteiger charge is -2.14. The summed E-state index contributed by atoms with van der Waals surface area (Å²) in [6.07, 6.45) is 1.50. The summed E-state index contributed by atoms with van der Waals surface area (Å²) >= 11 is 0. The highest BCUT2D eigenvalue weighted by Gasteiger charge is 2.30. The Morgan fingerprint density at radius 3 is 2.65 bits per heavy atom. The Bertz CT molecular complexity index is 600. The molecule has 0 aliphatic rings. The molecule has 2 aromatic rings. The van der Waals surface area contributed by atoms with E-state index in [4.69, 9.17) is 5.73 Å². The van der Waals surface area contributed by atoms with Crippen LogP contribution >= 0.6 is 0 Å². The topological polar surface area (TPSA) is 50.9 Å². The average molecular weight is 323 g/mol. The van der Waals surface area contributed by atoms with Crippen molar-refractivity contribution in [2.24, 2.45) is 5.73 Å². The second-order valence-electron chi connectivity index (χ2n) is 5.39. The van der Waals surface area contributed by atoms with Gasteiger partial charge < -0.3 is 11.1 Å². The number of pyridine rings is 1. The first kappa shape index (κ1) is 17.3. The molecule has 0 aliphatic heterocycles. The summed E-state index contributed by atoms with van der Waals surface area (Å²) in [6, 6.07) is 8.66. The van der Waals surface area contributed by atoms with Crippen LogP contribution in [0.15, 0.2) is 48.8 Å². The summed E-state index contributed by atoms with van der Waals surface area (Å²) in [7, 11) is 0. The van der Waals surface area contributed by atoms with Crippen LogP contribution in [0.3, 0.4) is 0 Å². The Hall–Kier alpha value is -2.08. The molecular formula is C17H20F3N3. The summed E-state index contributed by atoms with van der Waals surface area (Å²) in [4.78, 5) is 4.01. The predicted octanol–water partition coefficient (Wildman–Crippen LogP) is 4.38. The molecule has 1 aromatic heterocycles. The lowest BCUT2D eigenvalue weighted by molar-refractivity contribution is -0.137. The summed E-state index contributed by atoms with van der Waals surface area (Å²) in [5.74, 6) is 0. The van der Waals surface area contributed by atoms with Crippen molar-refractivity contribution in [2.45, 2.75) is 31.5 Å². The smallest absolute Gasteiger partial charge is 0.384 e. The van der Waals surface area contributed by atoms with E-state index in [-0.39, 0.29) is 6.04 Å². The Kier molecular flexibility index (Phi) is 5.98. The number of hydrogen-bond acceptors (Lipinski definition) is 3. The maximum atomic E-state index is 12.7. The summed E-state index contributed by atoms with van der Waals surface area (Å²) in [5, 5.41) is 3.24. The highest BCUT2D eigenvalue weighted by molar-refractivity contribution is 5.39. The molecule has 1 heterocycles. The number of halogens is 3. The van der Waals surface area contributed by atoms with Gasteiger partial charge in [0.05, 0.1) is 11.3 Å². The average Bonchev–Trinajstić information content (AvgIpc) is 2.54. The van der Waals surface area contributed by atoms with E-state index < -0.39 is 11.7 Å². The van der Waals surface area contributed by atoms with Gasteiger partial charge in [-0.2, -0.15) is 13.2 Å². The van der Waals surface area contributed by atoms with Gasteiger partial charge in [0.2, 0.25) is 0 Å². The molecule has 0 spiro atoms. The number of hydrogen-bond donors (Lipinski definition) is 2. The molecule has 0 amide bonds. The Morgan fingerprint density at radius 2 is 1.96 bits per heavy atom. The van der Waals surface area contributed by atoms with Crippen LogP contribution in [-0.2, 0) is 6.18 Å². The van der Waals surface area contributed by atoms with Gasteiger partial charge in [0, 0.05) is 25.0 Å². The van der Waals surface area contributed by atoms with Gasteiger partial charge in [-0.15, -0.1) is 0 Å². The molecule has 1 aromatic carbocycles. The van der Waals surface area contributed by atoms with Crippen molar-refractivity contribution < 1.29 is 13.2 Å². The largest absolute Gasteiger partial charge is 0.416 e. The number of rotatable bonds is 7. The van der Waals surface area contributed by atoms with Crippen molar-refractivity contribution in [3.63, 3.8) is 0 Å². The van der Waals surface area contributed by atoms with Crippen molar-refractivity contribution in [2.75, 3.05) is 11.9 Å². The number of benzene rings is 1. The molecule has 2 rings (SSSR count). The summed E-state index contributed by atoms with van der Waals surface area (Å²) < 4.78 is 38.1. The van der Waals surface area contributed by atoms with Gasteiger partial charge in [0.25, 0.3) is 0 Å². The van der Waals surface area contributed by atoms with Crippen LogP contribution in [0.1, 0.15) is 36.4 Å². The number of alkyl halides is 3. The number of nitrogens with zero attached hydrogens (tertiary/aromatic N) is 1. The van der Waals surface area contributed by atoms with Gasteiger partial charge in [-0.1, -0.05) is 12.1 Å². The molecular weight excluding hydrogens is 303 g/mol. The quantitative estimate of drug-likeness (QED) is 0.743. The Balaban J connectivity index is 1.75. The van der Waals surface area contributed by atoms with E-state index in [1.807, 2.05) is 12.1 Å².